The van der Waals surface area contributed by atoms with E-state index in [1.54, 1.807) is 19.2 Å². The van der Waals surface area contributed by atoms with Crippen LogP contribution in [-0.2, 0) is 4.79 Å². The number of phenols is 1. The van der Waals surface area contributed by atoms with E-state index < -0.39 is 0 Å². The number of likely N-dealkylation sites (tertiary alicyclic amines) is 1. The van der Waals surface area contributed by atoms with E-state index in [0.717, 1.165) is 31.4 Å². The van der Waals surface area contributed by atoms with Crippen molar-refractivity contribution < 1.29 is 9.90 Å². The Kier molecular flexibility index (Phi) is 4.43. The lowest BCUT2D eigenvalue weighted by atomic mass is 9.96. The van der Waals surface area contributed by atoms with Gasteiger partial charge in [0.05, 0.1) is 6.04 Å². The number of aromatic hydroxyl groups is 1. The summed E-state index contributed by atoms with van der Waals surface area (Å²) in [5, 5.41) is 12.1. The predicted molar refractivity (Wildman–Crippen MR) is 74.9 cm³/mol. The SMILES string of the molecule is CNC(=O)C1CCCCN1C(C)c1ccc(O)cc1. The molecule has 1 aliphatic heterocycles. The van der Waals surface area contributed by atoms with Crippen LogP contribution in [0.15, 0.2) is 24.3 Å². The number of amides is 1. The van der Waals surface area contributed by atoms with Crippen LogP contribution in [0, 0.1) is 0 Å². The second-order valence-corrected chi connectivity index (χ2v) is 5.13. The maximum atomic E-state index is 12.0. The van der Waals surface area contributed by atoms with Gasteiger partial charge in [0.15, 0.2) is 0 Å². The molecule has 1 aromatic carbocycles. The quantitative estimate of drug-likeness (QED) is 0.876. The Bertz CT molecular complexity index is 430. The fraction of sp³-hybridized carbons (Fsp3) is 0.533. The molecule has 0 aromatic heterocycles. The van der Waals surface area contributed by atoms with Crippen molar-refractivity contribution in [1.82, 2.24) is 10.2 Å². The van der Waals surface area contributed by atoms with Crippen LogP contribution in [0.25, 0.3) is 0 Å². The fourth-order valence-electron chi connectivity index (χ4n) is 2.81. The Morgan fingerprint density at radius 3 is 2.68 bits per heavy atom. The van der Waals surface area contributed by atoms with E-state index in [2.05, 4.69) is 17.1 Å². The molecule has 0 saturated carbocycles. The summed E-state index contributed by atoms with van der Waals surface area (Å²) in [4.78, 5) is 14.2. The molecule has 1 aliphatic rings. The van der Waals surface area contributed by atoms with Crippen molar-refractivity contribution in [2.24, 2.45) is 0 Å². The van der Waals surface area contributed by atoms with Crippen molar-refractivity contribution in [2.75, 3.05) is 13.6 Å². The number of benzene rings is 1. The number of rotatable bonds is 3. The van der Waals surface area contributed by atoms with Gasteiger partial charge in [-0.15, -0.1) is 0 Å². The van der Waals surface area contributed by atoms with Crippen molar-refractivity contribution in [3.05, 3.63) is 29.8 Å². The highest BCUT2D eigenvalue weighted by Gasteiger charge is 2.31. The summed E-state index contributed by atoms with van der Waals surface area (Å²) in [7, 11) is 1.69. The van der Waals surface area contributed by atoms with E-state index in [4.69, 9.17) is 0 Å². The number of nitrogens with zero attached hydrogens (tertiary/aromatic N) is 1. The average molecular weight is 262 g/mol. The van der Waals surface area contributed by atoms with Gasteiger partial charge < -0.3 is 10.4 Å². The Balaban J connectivity index is 2.17. The van der Waals surface area contributed by atoms with Crippen LogP contribution < -0.4 is 5.32 Å². The monoisotopic (exact) mass is 262 g/mol. The van der Waals surface area contributed by atoms with E-state index in [-0.39, 0.29) is 23.7 Å². The fourth-order valence-corrected chi connectivity index (χ4v) is 2.81. The summed E-state index contributed by atoms with van der Waals surface area (Å²) in [6, 6.07) is 7.39. The number of hydrogen-bond donors (Lipinski definition) is 2. The summed E-state index contributed by atoms with van der Waals surface area (Å²) >= 11 is 0. The van der Waals surface area contributed by atoms with Crippen LogP contribution in [0.4, 0.5) is 0 Å². The third-order valence-corrected chi connectivity index (χ3v) is 3.97. The van der Waals surface area contributed by atoms with Gasteiger partial charge in [-0.3, -0.25) is 9.69 Å². The Morgan fingerprint density at radius 1 is 1.37 bits per heavy atom. The molecule has 1 aromatic rings. The highest BCUT2D eigenvalue weighted by Crippen LogP contribution is 2.29. The standard InChI is InChI=1S/C15H22N2O2/c1-11(12-6-8-13(18)9-7-12)17-10-4-3-5-14(17)15(19)16-2/h6-9,11,14,18H,3-5,10H2,1-2H3,(H,16,19). The first kappa shape index (κ1) is 13.9. The number of carbonyl (C=O) groups excluding carboxylic acids is 1. The maximum absolute atomic E-state index is 12.0. The minimum absolute atomic E-state index is 0.0393. The molecular weight excluding hydrogens is 240 g/mol. The summed E-state index contributed by atoms with van der Waals surface area (Å²) < 4.78 is 0. The smallest absolute Gasteiger partial charge is 0.237 e. The normalized spacial score (nSPS) is 21.9. The number of nitrogens with one attached hydrogen (secondary N) is 1. The third-order valence-electron chi connectivity index (χ3n) is 3.97. The molecule has 0 aliphatic carbocycles. The van der Waals surface area contributed by atoms with Crippen molar-refractivity contribution in [2.45, 2.75) is 38.3 Å². The summed E-state index contributed by atoms with van der Waals surface area (Å²) in [6.07, 6.45) is 3.16. The van der Waals surface area contributed by atoms with Gasteiger partial charge in [0.25, 0.3) is 0 Å². The first-order valence-corrected chi connectivity index (χ1v) is 6.89. The van der Waals surface area contributed by atoms with Crippen LogP contribution in [-0.4, -0.2) is 35.5 Å². The Hall–Kier alpha value is -1.55. The molecule has 19 heavy (non-hydrogen) atoms. The molecule has 104 valence electrons. The zero-order valence-corrected chi connectivity index (χ0v) is 11.6. The number of piperidine rings is 1. The summed E-state index contributed by atoms with van der Waals surface area (Å²) in [5.74, 6) is 0.378. The molecule has 1 amide bonds. The van der Waals surface area contributed by atoms with E-state index in [1.165, 1.54) is 0 Å². The van der Waals surface area contributed by atoms with Gasteiger partial charge in [-0.1, -0.05) is 18.6 Å². The van der Waals surface area contributed by atoms with Gasteiger partial charge in [0.2, 0.25) is 5.91 Å². The third kappa shape index (κ3) is 3.07. The highest BCUT2D eigenvalue weighted by atomic mass is 16.3. The second kappa shape index (κ2) is 6.06. The Morgan fingerprint density at radius 2 is 2.05 bits per heavy atom. The maximum Gasteiger partial charge on any atom is 0.237 e. The number of likely N-dealkylation sites (N-methyl/N-ethyl adjacent to an activating group) is 1. The first-order chi connectivity index (χ1) is 9.13. The molecule has 0 radical (unpaired) electrons. The van der Waals surface area contributed by atoms with E-state index in [0.29, 0.717) is 0 Å². The van der Waals surface area contributed by atoms with Crippen molar-refractivity contribution >= 4 is 5.91 Å². The molecule has 1 saturated heterocycles. The van der Waals surface area contributed by atoms with Gasteiger partial charge in [-0.25, -0.2) is 0 Å². The second-order valence-electron chi connectivity index (χ2n) is 5.13. The minimum atomic E-state index is -0.0393. The van der Waals surface area contributed by atoms with Gasteiger partial charge in [-0.05, 0) is 44.0 Å². The average Bonchev–Trinajstić information content (AvgIpc) is 2.46. The highest BCUT2D eigenvalue weighted by molar-refractivity contribution is 5.81. The number of phenolic OH excluding ortho intramolecular Hbond substituents is 1. The topological polar surface area (TPSA) is 52.6 Å². The summed E-state index contributed by atoms with van der Waals surface area (Å²) in [6.45, 7) is 3.06. The van der Waals surface area contributed by atoms with Crippen molar-refractivity contribution in [3.63, 3.8) is 0 Å². The molecule has 2 atom stereocenters. The lowest BCUT2D eigenvalue weighted by Gasteiger charge is -2.38. The van der Waals surface area contributed by atoms with Gasteiger partial charge >= 0.3 is 0 Å². The van der Waals surface area contributed by atoms with Crippen LogP contribution in [0.1, 0.15) is 37.8 Å². The summed E-state index contributed by atoms with van der Waals surface area (Å²) in [5.41, 5.74) is 1.13. The van der Waals surface area contributed by atoms with E-state index in [9.17, 15) is 9.90 Å². The molecule has 2 N–H and O–H groups in total. The lowest BCUT2D eigenvalue weighted by molar-refractivity contribution is -0.128. The van der Waals surface area contributed by atoms with E-state index >= 15 is 0 Å². The zero-order valence-electron chi connectivity index (χ0n) is 11.6. The van der Waals surface area contributed by atoms with Crippen LogP contribution in [0.3, 0.4) is 0 Å². The van der Waals surface area contributed by atoms with Crippen LogP contribution >= 0.6 is 0 Å². The number of carbonyl (C=O) groups is 1. The predicted octanol–water partition coefficient (Wildman–Crippen LogP) is 2.05. The molecule has 4 heteroatoms. The lowest BCUT2D eigenvalue weighted by Crippen LogP contribution is -2.49. The molecular formula is C15H22N2O2. The van der Waals surface area contributed by atoms with Crippen LogP contribution in [0.5, 0.6) is 5.75 Å². The van der Waals surface area contributed by atoms with Crippen molar-refractivity contribution in [3.8, 4) is 5.75 Å². The van der Waals surface area contributed by atoms with E-state index in [1.807, 2.05) is 12.1 Å². The molecule has 2 unspecified atom stereocenters. The van der Waals surface area contributed by atoms with Crippen LogP contribution in [0.2, 0.25) is 0 Å². The largest absolute Gasteiger partial charge is 0.508 e. The zero-order chi connectivity index (χ0) is 13.8. The molecule has 1 heterocycles. The molecule has 2 rings (SSSR count). The molecule has 1 fully saturated rings. The van der Waals surface area contributed by atoms with Crippen molar-refractivity contribution in [1.29, 1.82) is 0 Å². The molecule has 0 spiro atoms. The first-order valence-electron chi connectivity index (χ1n) is 6.89. The molecule has 4 nitrogen and oxygen atoms in total. The van der Waals surface area contributed by atoms with Gasteiger partial charge in [0, 0.05) is 13.1 Å². The molecule has 0 bridgehead atoms. The van der Waals surface area contributed by atoms with Gasteiger partial charge in [0.1, 0.15) is 5.75 Å². The minimum Gasteiger partial charge on any atom is -0.508 e. The Labute approximate surface area is 114 Å². The van der Waals surface area contributed by atoms with Gasteiger partial charge in [-0.2, -0.15) is 0 Å². The number of hydrogen-bond acceptors (Lipinski definition) is 3.